The summed E-state index contributed by atoms with van der Waals surface area (Å²) in [6.45, 7) is 3.42. The van der Waals surface area contributed by atoms with E-state index in [-0.39, 0.29) is 24.6 Å². The number of nitro benzene ring substituents is 1. The second kappa shape index (κ2) is 15.4. The largest absolute Gasteiger partial charge is 0.412 e. The number of carbonyl (C=O) groups is 1. The minimum absolute atomic E-state index is 0.0796. The van der Waals surface area contributed by atoms with Gasteiger partial charge in [-0.3, -0.25) is 10.1 Å². The molecule has 0 aliphatic rings. The lowest BCUT2D eigenvalue weighted by atomic mass is 10.3. The van der Waals surface area contributed by atoms with Gasteiger partial charge in [0.1, 0.15) is 12.4 Å². The first-order valence-corrected chi connectivity index (χ1v) is 8.58. The van der Waals surface area contributed by atoms with Crippen LogP contribution in [0.15, 0.2) is 24.3 Å². The average Bonchev–Trinajstić information content (AvgIpc) is 2.68. The Bertz CT molecular complexity index is 615. The molecule has 0 aromatic heterocycles. The van der Waals surface area contributed by atoms with E-state index in [1.165, 1.54) is 24.3 Å². The van der Waals surface area contributed by atoms with Crippen LogP contribution in [0.25, 0.3) is 0 Å². The lowest BCUT2D eigenvalue weighted by Crippen LogP contribution is -2.30. The molecule has 1 aromatic carbocycles. The Morgan fingerprint density at radius 1 is 0.964 bits per heavy atom. The van der Waals surface area contributed by atoms with E-state index in [0.717, 1.165) is 0 Å². The van der Waals surface area contributed by atoms with Crippen LogP contribution in [0.2, 0.25) is 0 Å². The maximum Gasteiger partial charge on any atom is 0.412 e. The maximum absolute atomic E-state index is 11.6. The normalized spacial score (nSPS) is 10.2. The van der Waals surface area contributed by atoms with E-state index in [1.807, 2.05) is 0 Å². The van der Waals surface area contributed by atoms with Crippen LogP contribution in [0.3, 0.4) is 0 Å². The van der Waals surface area contributed by atoms with Gasteiger partial charge in [-0.2, -0.15) is 0 Å². The summed E-state index contributed by atoms with van der Waals surface area (Å²) in [5, 5.41) is 13.0. The number of nitrogens with zero attached hydrogens (tertiary/aromatic N) is 1. The highest BCUT2D eigenvalue weighted by atomic mass is 16.6. The highest BCUT2D eigenvalue weighted by Gasteiger charge is 2.07. The summed E-state index contributed by atoms with van der Waals surface area (Å²) in [6.07, 6.45) is 4.36. The van der Waals surface area contributed by atoms with Crippen LogP contribution in [0.5, 0.6) is 5.75 Å². The predicted molar refractivity (Wildman–Crippen MR) is 99.2 cm³/mol. The van der Waals surface area contributed by atoms with E-state index in [4.69, 9.17) is 30.1 Å². The first-order chi connectivity index (χ1) is 13.6. The third-order valence-electron chi connectivity index (χ3n) is 3.08. The summed E-state index contributed by atoms with van der Waals surface area (Å²) in [4.78, 5) is 21.6. The molecule has 28 heavy (non-hydrogen) atoms. The molecule has 0 aliphatic heterocycles. The van der Waals surface area contributed by atoms with Crippen LogP contribution in [0.1, 0.15) is 0 Å². The van der Waals surface area contributed by atoms with Gasteiger partial charge < -0.3 is 29.0 Å². The number of hydrogen-bond acceptors (Lipinski definition) is 8. The number of hydrogen-bond donors (Lipinski definition) is 1. The Morgan fingerprint density at radius 3 is 2.04 bits per heavy atom. The Kier molecular flexibility index (Phi) is 12.8. The molecule has 0 saturated carbocycles. The summed E-state index contributed by atoms with van der Waals surface area (Å²) in [7, 11) is 0. The van der Waals surface area contributed by atoms with E-state index >= 15 is 0 Å². The highest BCUT2D eigenvalue weighted by Crippen LogP contribution is 2.17. The van der Waals surface area contributed by atoms with Crippen molar-refractivity contribution in [2.45, 2.75) is 0 Å². The van der Waals surface area contributed by atoms with E-state index in [1.54, 1.807) is 0 Å². The molecule has 0 unspecified atom stereocenters. The Labute approximate surface area is 163 Å². The number of amides is 1. The molecule has 0 radical (unpaired) electrons. The lowest BCUT2D eigenvalue weighted by Gasteiger charge is -2.08. The van der Waals surface area contributed by atoms with Crippen molar-refractivity contribution in [2.75, 3.05) is 59.4 Å². The smallest absolute Gasteiger partial charge is 0.410 e. The van der Waals surface area contributed by atoms with Crippen molar-refractivity contribution >= 4 is 11.8 Å². The molecule has 1 aromatic rings. The van der Waals surface area contributed by atoms with Gasteiger partial charge in [-0.25, -0.2) is 4.79 Å². The molecule has 1 rings (SSSR count). The van der Waals surface area contributed by atoms with Gasteiger partial charge in [-0.1, -0.05) is 5.92 Å². The van der Waals surface area contributed by atoms with Gasteiger partial charge in [0.15, 0.2) is 0 Å². The first-order valence-electron chi connectivity index (χ1n) is 8.58. The number of nitro groups is 1. The molecule has 10 nitrogen and oxygen atoms in total. The van der Waals surface area contributed by atoms with Crippen LogP contribution in [-0.2, 0) is 18.9 Å². The summed E-state index contributed by atoms with van der Waals surface area (Å²) < 4.78 is 25.9. The number of nitrogens with one attached hydrogen (secondary N) is 1. The number of ether oxygens (including phenoxy) is 5. The molecule has 0 saturated heterocycles. The Hall–Kier alpha value is -2.71. The van der Waals surface area contributed by atoms with E-state index in [0.29, 0.717) is 46.2 Å². The zero-order valence-corrected chi connectivity index (χ0v) is 15.5. The van der Waals surface area contributed by atoms with Gasteiger partial charge >= 0.3 is 6.09 Å². The fourth-order valence-electron chi connectivity index (χ4n) is 1.80. The summed E-state index contributed by atoms with van der Waals surface area (Å²) in [6, 6.07) is 5.20. The fourth-order valence-corrected chi connectivity index (χ4v) is 1.80. The van der Waals surface area contributed by atoms with Gasteiger partial charge in [-0.15, -0.1) is 6.42 Å². The zero-order chi connectivity index (χ0) is 20.5. The van der Waals surface area contributed by atoms with Crippen LogP contribution >= 0.6 is 0 Å². The van der Waals surface area contributed by atoms with Crippen molar-refractivity contribution < 1.29 is 33.4 Å². The first kappa shape index (κ1) is 23.3. The van der Waals surface area contributed by atoms with Crippen molar-refractivity contribution in [2.24, 2.45) is 0 Å². The van der Waals surface area contributed by atoms with Crippen LogP contribution in [-0.4, -0.2) is 70.4 Å². The van der Waals surface area contributed by atoms with Gasteiger partial charge in [0, 0.05) is 18.7 Å². The molecule has 0 bridgehead atoms. The van der Waals surface area contributed by atoms with E-state index in [2.05, 4.69) is 11.2 Å². The van der Waals surface area contributed by atoms with Crippen LogP contribution in [0, 0.1) is 22.5 Å². The molecule has 10 heteroatoms. The van der Waals surface area contributed by atoms with Crippen molar-refractivity contribution in [3.63, 3.8) is 0 Å². The van der Waals surface area contributed by atoms with Crippen LogP contribution < -0.4 is 10.1 Å². The quantitative estimate of drug-likeness (QED) is 0.204. The molecule has 0 spiro atoms. The SMILES string of the molecule is C#CCOCCOCCOCCOCCNC(=O)Oc1ccc([N+](=O)[O-])cc1. The molecule has 0 aliphatic carbocycles. The summed E-state index contributed by atoms with van der Waals surface area (Å²) in [5.74, 6) is 2.57. The standard InChI is InChI=1S/C18H24N2O8/c1-2-8-24-10-12-26-14-15-27-13-11-25-9-7-19-18(21)28-17-5-3-16(4-6-17)20(22)23/h1,3-6H,7-15H2,(H,19,21). The van der Waals surface area contributed by atoms with Gasteiger partial charge in [-0.05, 0) is 12.1 Å². The number of benzene rings is 1. The predicted octanol–water partition coefficient (Wildman–Crippen LogP) is 1.38. The maximum atomic E-state index is 11.6. The monoisotopic (exact) mass is 396 g/mol. The zero-order valence-electron chi connectivity index (χ0n) is 15.5. The molecule has 0 fully saturated rings. The number of carbonyl (C=O) groups excluding carboxylic acids is 1. The molecule has 0 heterocycles. The minimum atomic E-state index is -0.669. The number of terminal acetylenes is 1. The molecule has 154 valence electrons. The summed E-state index contributed by atoms with van der Waals surface area (Å²) in [5.41, 5.74) is -0.0796. The Balaban J connectivity index is 1.91. The van der Waals surface area contributed by atoms with E-state index in [9.17, 15) is 14.9 Å². The third kappa shape index (κ3) is 11.8. The second-order valence-electron chi connectivity index (χ2n) is 5.16. The van der Waals surface area contributed by atoms with E-state index < -0.39 is 11.0 Å². The van der Waals surface area contributed by atoms with Crippen molar-refractivity contribution in [1.29, 1.82) is 0 Å². The van der Waals surface area contributed by atoms with Gasteiger partial charge in [0.25, 0.3) is 5.69 Å². The molecular weight excluding hydrogens is 372 g/mol. The fraction of sp³-hybridized carbons (Fsp3) is 0.500. The molecule has 0 atom stereocenters. The van der Waals surface area contributed by atoms with Crippen molar-refractivity contribution in [3.05, 3.63) is 34.4 Å². The molecular formula is C18H24N2O8. The Morgan fingerprint density at radius 2 is 1.50 bits per heavy atom. The van der Waals surface area contributed by atoms with Crippen molar-refractivity contribution in [3.8, 4) is 18.1 Å². The third-order valence-corrected chi connectivity index (χ3v) is 3.08. The second-order valence-corrected chi connectivity index (χ2v) is 5.16. The lowest BCUT2D eigenvalue weighted by molar-refractivity contribution is -0.384. The number of non-ortho nitro benzene ring substituents is 1. The summed E-state index contributed by atoms with van der Waals surface area (Å²) >= 11 is 0. The van der Waals surface area contributed by atoms with Gasteiger partial charge in [0.05, 0.1) is 51.2 Å². The molecule has 1 amide bonds. The van der Waals surface area contributed by atoms with Crippen molar-refractivity contribution in [1.82, 2.24) is 5.32 Å². The van der Waals surface area contributed by atoms with Crippen LogP contribution in [0.4, 0.5) is 10.5 Å². The highest BCUT2D eigenvalue weighted by molar-refractivity contribution is 5.70. The topological polar surface area (TPSA) is 118 Å². The van der Waals surface area contributed by atoms with Gasteiger partial charge in [0.2, 0.25) is 0 Å². The number of rotatable bonds is 15. The average molecular weight is 396 g/mol. The minimum Gasteiger partial charge on any atom is -0.410 e. The molecule has 1 N–H and O–H groups in total.